The minimum absolute atomic E-state index is 0.0838. The number of alkyl halides is 3. The topological polar surface area (TPSA) is 95.6 Å². The summed E-state index contributed by atoms with van der Waals surface area (Å²) in [6, 6.07) is 7.98. The largest absolute Gasteiger partial charge is 0.435 e. The number of amides is 3. The van der Waals surface area contributed by atoms with E-state index in [-0.39, 0.29) is 10.6 Å². The summed E-state index contributed by atoms with van der Waals surface area (Å²) in [7, 11) is -4.85. The maximum atomic E-state index is 13.8. The Morgan fingerprint density at radius 2 is 1.54 bits per heavy atom. The molecule has 0 bridgehead atoms. The van der Waals surface area contributed by atoms with Crippen molar-refractivity contribution in [1.29, 1.82) is 0 Å². The van der Waals surface area contributed by atoms with Crippen LogP contribution in [0.2, 0.25) is 0 Å². The fourth-order valence-electron chi connectivity index (χ4n) is 2.53. The number of imide groups is 1. The molecule has 0 spiro atoms. The van der Waals surface area contributed by atoms with Gasteiger partial charge in [0.15, 0.2) is 0 Å². The molecular formula is C16H11F4N3O4S. The number of halogens is 4. The van der Waals surface area contributed by atoms with Crippen LogP contribution in [0.15, 0.2) is 59.5 Å². The van der Waals surface area contributed by atoms with E-state index in [4.69, 9.17) is 0 Å². The number of urea groups is 1. The number of carbonyl (C=O) groups is 2. The van der Waals surface area contributed by atoms with Crippen molar-refractivity contribution in [2.75, 3.05) is 4.90 Å². The third kappa shape index (κ3) is 3.20. The molecule has 12 heteroatoms. The Bertz CT molecular complexity index is 1030. The van der Waals surface area contributed by atoms with Gasteiger partial charge in [0, 0.05) is 0 Å². The quantitative estimate of drug-likeness (QED) is 0.589. The van der Waals surface area contributed by atoms with Crippen LogP contribution in [0.1, 0.15) is 0 Å². The molecule has 2 aromatic carbocycles. The first-order valence-corrected chi connectivity index (χ1v) is 9.04. The lowest BCUT2D eigenvalue weighted by Gasteiger charge is -2.29. The van der Waals surface area contributed by atoms with Crippen molar-refractivity contribution in [3.05, 3.63) is 60.4 Å². The molecule has 0 unspecified atom stereocenters. The van der Waals surface area contributed by atoms with Gasteiger partial charge in [-0.2, -0.15) is 17.9 Å². The van der Waals surface area contributed by atoms with Crippen molar-refractivity contribution in [1.82, 2.24) is 10.0 Å². The smallest absolute Gasteiger partial charge is 0.302 e. The molecule has 1 atom stereocenters. The van der Waals surface area contributed by atoms with Crippen LogP contribution in [0.3, 0.4) is 0 Å². The molecule has 3 amide bonds. The summed E-state index contributed by atoms with van der Waals surface area (Å²) in [5.41, 5.74) is -4.29. The van der Waals surface area contributed by atoms with Crippen molar-refractivity contribution >= 4 is 27.6 Å². The van der Waals surface area contributed by atoms with Gasteiger partial charge >= 0.3 is 12.2 Å². The lowest BCUT2D eigenvalue weighted by Crippen LogP contribution is -2.69. The molecule has 28 heavy (non-hydrogen) atoms. The molecule has 0 aliphatic carbocycles. The molecule has 1 heterocycles. The Hall–Kier alpha value is -2.99. The van der Waals surface area contributed by atoms with Gasteiger partial charge in [-0.05, 0) is 36.4 Å². The lowest BCUT2D eigenvalue weighted by atomic mass is 10.1. The van der Waals surface area contributed by atoms with Crippen molar-refractivity contribution in [3.63, 3.8) is 0 Å². The van der Waals surface area contributed by atoms with E-state index in [0.29, 0.717) is 0 Å². The van der Waals surface area contributed by atoms with Crippen LogP contribution in [0.25, 0.3) is 0 Å². The first-order chi connectivity index (χ1) is 13.0. The van der Waals surface area contributed by atoms with Crippen LogP contribution in [0, 0.1) is 5.82 Å². The maximum Gasteiger partial charge on any atom is 0.435 e. The van der Waals surface area contributed by atoms with Crippen LogP contribution < -0.4 is 14.9 Å². The molecule has 1 aliphatic heterocycles. The van der Waals surface area contributed by atoms with Gasteiger partial charge in [-0.3, -0.25) is 4.79 Å². The highest BCUT2D eigenvalue weighted by molar-refractivity contribution is 7.89. The zero-order valence-corrected chi connectivity index (χ0v) is 14.5. The third-order valence-corrected chi connectivity index (χ3v) is 5.34. The Labute approximate surface area is 156 Å². The maximum absolute atomic E-state index is 13.8. The summed E-state index contributed by atoms with van der Waals surface area (Å²) in [6.07, 6.45) is -5.52. The predicted molar refractivity (Wildman–Crippen MR) is 88.0 cm³/mol. The van der Waals surface area contributed by atoms with Crippen molar-refractivity contribution in [2.24, 2.45) is 0 Å². The molecule has 2 aromatic rings. The molecule has 0 radical (unpaired) electrons. The molecule has 3 rings (SSSR count). The van der Waals surface area contributed by atoms with E-state index >= 15 is 0 Å². The molecule has 148 valence electrons. The van der Waals surface area contributed by atoms with Crippen LogP contribution in [0.4, 0.5) is 28.0 Å². The van der Waals surface area contributed by atoms with E-state index in [9.17, 15) is 35.6 Å². The molecule has 1 saturated heterocycles. The second-order valence-electron chi connectivity index (χ2n) is 5.71. The summed E-state index contributed by atoms with van der Waals surface area (Å²) in [4.78, 5) is 24.2. The number of rotatable bonds is 4. The number of carbonyl (C=O) groups excluding carboxylic acids is 2. The second-order valence-corrected chi connectivity index (χ2v) is 7.40. The zero-order chi connectivity index (χ0) is 20.7. The average molecular weight is 417 g/mol. The second kappa shape index (κ2) is 6.56. The molecule has 2 N–H and O–H groups in total. The number of hydrogen-bond acceptors (Lipinski definition) is 4. The van der Waals surface area contributed by atoms with Gasteiger partial charge in [-0.25, -0.2) is 22.5 Å². The Morgan fingerprint density at radius 3 is 2.07 bits per heavy atom. The van der Waals surface area contributed by atoms with Gasteiger partial charge in [0.25, 0.3) is 11.6 Å². The number of benzene rings is 2. The number of anilines is 1. The summed E-state index contributed by atoms with van der Waals surface area (Å²) in [5.74, 6) is -2.67. The van der Waals surface area contributed by atoms with E-state index in [2.05, 4.69) is 0 Å². The standard InChI is InChI=1S/C16H11F4N3O4S/c17-10-6-8-11(9-7-10)23-13(24)15(16(18,19)20,21-14(23)25)22-28(26,27)12-4-2-1-3-5-12/h1-9,22H,(H,21,25)/t15-/m1/s1. The highest BCUT2D eigenvalue weighted by atomic mass is 32.2. The van der Waals surface area contributed by atoms with Crippen molar-refractivity contribution in [2.45, 2.75) is 16.7 Å². The van der Waals surface area contributed by atoms with E-state index in [1.165, 1.54) is 28.2 Å². The minimum atomic E-state index is -5.52. The van der Waals surface area contributed by atoms with Gasteiger partial charge in [0.05, 0.1) is 10.6 Å². The highest BCUT2D eigenvalue weighted by Gasteiger charge is 2.69. The minimum Gasteiger partial charge on any atom is -0.302 e. The average Bonchev–Trinajstić information content (AvgIpc) is 2.87. The van der Waals surface area contributed by atoms with Crippen LogP contribution in [-0.2, 0) is 14.8 Å². The van der Waals surface area contributed by atoms with Gasteiger partial charge in [0.1, 0.15) is 5.82 Å². The van der Waals surface area contributed by atoms with Gasteiger partial charge < -0.3 is 5.32 Å². The summed E-state index contributed by atoms with van der Waals surface area (Å²) in [6.45, 7) is 0. The van der Waals surface area contributed by atoms with E-state index in [1.54, 1.807) is 0 Å². The first-order valence-electron chi connectivity index (χ1n) is 7.56. The first kappa shape index (κ1) is 19.8. The Balaban J connectivity index is 2.07. The molecule has 1 fully saturated rings. The number of nitrogens with one attached hydrogen (secondary N) is 2. The summed E-state index contributed by atoms with van der Waals surface area (Å²) < 4.78 is 80.5. The summed E-state index contributed by atoms with van der Waals surface area (Å²) in [5, 5.41) is 1.37. The number of nitrogens with zero attached hydrogens (tertiary/aromatic N) is 1. The van der Waals surface area contributed by atoms with Gasteiger partial charge in [-0.15, -0.1) is 0 Å². The lowest BCUT2D eigenvalue weighted by molar-refractivity contribution is -0.194. The Kier molecular flexibility index (Phi) is 4.63. The fourth-order valence-corrected chi connectivity index (χ4v) is 3.82. The zero-order valence-electron chi connectivity index (χ0n) is 13.7. The third-order valence-electron chi connectivity index (χ3n) is 3.87. The van der Waals surface area contributed by atoms with Crippen LogP contribution in [0.5, 0.6) is 0 Å². The molecule has 1 aliphatic rings. The fraction of sp³-hybridized carbons (Fsp3) is 0.125. The monoisotopic (exact) mass is 417 g/mol. The number of hydrogen-bond donors (Lipinski definition) is 2. The van der Waals surface area contributed by atoms with E-state index in [1.807, 2.05) is 0 Å². The van der Waals surface area contributed by atoms with Gasteiger partial charge in [-0.1, -0.05) is 18.2 Å². The van der Waals surface area contributed by atoms with Gasteiger partial charge in [0.2, 0.25) is 10.0 Å². The van der Waals surface area contributed by atoms with E-state index < -0.39 is 44.5 Å². The van der Waals surface area contributed by atoms with Crippen LogP contribution >= 0.6 is 0 Å². The number of sulfonamides is 1. The molecular weight excluding hydrogens is 406 g/mol. The van der Waals surface area contributed by atoms with E-state index in [0.717, 1.165) is 36.4 Å². The van der Waals surface area contributed by atoms with Crippen LogP contribution in [-0.4, -0.2) is 32.2 Å². The molecule has 0 aromatic heterocycles. The van der Waals surface area contributed by atoms with Crippen molar-refractivity contribution in [3.8, 4) is 0 Å². The predicted octanol–water partition coefficient (Wildman–Crippen LogP) is 2.12. The normalized spacial score (nSPS) is 20.4. The molecule has 7 nitrogen and oxygen atoms in total. The van der Waals surface area contributed by atoms with Crippen molar-refractivity contribution < 1.29 is 35.6 Å². The molecule has 0 saturated carbocycles. The summed E-state index contributed by atoms with van der Waals surface area (Å²) >= 11 is 0. The SMILES string of the molecule is O=C1N[C@](NS(=O)(=O)c2ccccc2)(C(F)(F)F)C(=O)N1c1ccc(F)cc1. The highest BCUT2D eigenvalue weighted by Crippen LogP contribution is 2.36. The Morgan fingerprint density at radius 1 is 0.964 bits per heavy atom.